The van der Waals surface area contributed by atoms with Gasteiger partial charge in [-0.3, -0.25) is 4.55 Å². The van der Waals surface area contributed by atoms with Gasteiger partial charge in [-0.2, -0.15) is 8.42 Å². The highest BCUT2D eigenvalue weighted by molar-refractivity contribution is 7.80. The highest BCUT2D eigenvalue weighted by atomic mass is 32.3. The maximum atomic E-state index is 11.2. The van der Waals surface area contributed by atoms with Crippen LogP contribution in [0.15, 0.2) is 11.6 Å². The average Bonchev–Trinajstić information content (AvgIpc) is 3.03. The molecule has 0 aromatic carbocycles. The highest BCUT2D eigenvalue weighted by Crippen LogP contribution is 2.67. The molecular weight excluding hydrogens is 436 g/mol. The van der Waals surface area contributed by atoms with Crippen LogP contribution in [0.2, 0.25) is 0 Å². The Kier molecular flexibility index (Phi) is 6.92. The summed E-state index contributed by atoms with van der Waals surface area (Å²) in [5.74, 6) is 3.66. The Labute approximate surface area is 201 Å². The number of fused-ring (bicyclic) bond motifs is 5. The molecule has 0 aliphatic heterocycles. The topological polar surface area (TPSA) is 83.8 Å². The van der Waals surface area contributed by atoms with Crippen molar-refractivity contribution in [2.45, 2.75) is 117 Å². The third-order valence-electron chi connectivity index (χ3n) is 10.5. The first-order chi connectivity index (χ1) is 15.2. The predicted molar refractivity (Wildman–Crippen MR) is 131 cm³/mol. The van der Waals surface area contributed by atoms with E-state index in [2.05, 4.69) is 26.8 Å². The zero-order valence-electron chi connectivity index (χ0n) is 21.3. The van der Waals surface area contributed by atoms with Crippen LogP contribution < -0.4 is 0 Å². The Bertz CT molecular complexity index is 858. The molecule has 5 nitrogen and oxygen atoms in total. The zero-order chi connectivity index (χ0) is 24.2. The minimum absolute atomic E-state index is 0.139. The third kappa shape index (κ3) is 5.10. The van der Waals surface area contributed by atoms with Crippen molar-refractivity contribution in [1.82, 2.24) is 0 Å². The molecule has 0 aromatic rings. The fraction of sp³-hybridized carbons (Fsp3) is 0.926. The van der Waals surface area contributed by atoms with Gasteiger partial charge in [0.25, 0.3) is 0 Å². The Morgan fingerprint density at radius 1 is 1.15 bits per heavy atom. The summed E-state index contributed by atoms with van der Waals surface area (Å²) in [6, 6.07) is 0. The van der Waals surface area contributed by atoms with Crippen molar-refractivity contribution in [3.8, 4) is 0 Å². The van der Waals surface area contributed by atoms with Gasteiger partial charge in [0.2, 0.25) is 0 Å². The lowest BCUT2D eigenvalue weighted by Crippen LogP contribution is -2.51. The molecule has 4 rings (SSSR count). The summed E-state index contributed by atoms with van der Waals surface area (Å²) in [5.41, 5.74) is 1.36. The summed E-state index contributed by atoms with van der Waals surface area (Å²) in [6.07, 6.45) is 13.8. The molecule has 0 bridgehead atoms. The molecule has 33 heavy (non-hydrogen) atoms. The molecule has 3 saturated carbocycles. The van der Waals surface area contributed by atoms with E-state index in [0.717, 1.165) is 43.4 Å². The molecule has 2 N–H and O–H groups in total. The van der Waals surface area contributed by atoms with Crippen LogP contribution >= 0.6 is 0 Å². The van der Waals surface area contributed by atoms with Crippen molar-refractivity contribution in [2.75, 3.05) is 0 Å². The van der Waals surface area contributed by atoms with Crippen molar-refractivity contribution < 1.29 is 22.3 Å². The summed E-state index contributed by atoms with van der Waals surface area (Å²) in [4.78, 5) is 0. The van der Waals surface area contributed by atoms with E-state index in [1.54, 1.807) is 0 Å². The van der Waals surface area contributed by atoms with Gasteiger partial charge in [-0.1, -0.05) is 45.3 Å². The Morgan fingerprint density at radius 2 is 1.88 bits per heavy atom. The lowest BCUT2D eigenvalue weighted by molar-refractivity contribution is -0.0563. The molecule has 0 amide bonds. The fourth-order valence-corrected chi connectivity index (χ4v) is 9.42. The van der Waals surface area contributed by atoms with Crippen LogP contribution in [0.3, 0.4) is 0 Å². The van der Waals surface area contributed by atoms with Crippen molar-refractivity contribution in [3.63, 3.8) is 0 Å². The number of hydrogen-bond donors (Lipinski definition) is 2. The van der Waals surface area contributed by atoms with Gasteiger partial charge in [-0.05, 0) is 112 Å². The van der Waals surface area contributed by atoms with Gasteiger partial charge in [0.1, 0.15) is 0 Å². The number of aliphatic hydroxyl groups is 1. The van der Waals surface area contributed by atoms with E-state index in [9.17, 15) is 13.5 Å². The number of hydrogen-bond acceptors (Lipinski definition) is 4. The molecule has 8 atom stereocenters. The SMILES string of the molecule is C[C@H](CCCC(C)(C)O)C1CCC2C3CC=C4C[C@@H](OS(=O)(=O)O)CC[C@]4(C)C3CC[C@@]21C. The Balaban J connectivity index is 1.46. The van der Waals surface area contributed by atoms with Gasteiger partial charge in [0.05, 0.1) is 11.7 Å². The molecule has 0 heterocycles. The van der Waals surface area contributed by atoms with Crippen LogP contribution in [0.25, 0.3) is 0 Å². The third-order valence-corrected chi connectivity index (χ3v) is 11.0. The molecule has 0 saturated heterocycles. The molecule has 0 spiro atoms. The van der Waals surface area contributed by atoms with Crippen LogP contribution in [0.5, 0.6) is 0 Å². The maximum absolute atomic E-state index is 11.2. The highest BCUT2D eigenvalue weighted by Gasteiger charge is 2.59. The largest absolute Gasteiger partial charge is 0.397 e. The molecule has 4 aliphatic carbocycles. The van der Waals surface area contributed by atoms with Crippen LogP contribution in [0.4, 0.5) is 0 Å². The van der Waals surface area contributed by atoms with Crippen molar-refractivity contribution in [2.24, 2.45) is 40.4 Å². The lowest BCUT2D eigenvalue weighted by atomic mass is 9.47. The zero-order valence-corrected chi connectivity index (χ0v) is 22.2. The lowest BCUT2D eigenvalue weighted by Gasteiger charge is -2.58. The second-order valence-corrected chi connectivity index (χ2v) is 14.1. The van der Waals surface area contributed by atoms with Crippen molar-refractivity contribution in [1.29, 1.82) is 0 Å². The van der Waals surface area contributed by atoms with Gasteiger partial charge in [0, 0.05) is 0 Å². The standard InChI is InChI=1S/C27H46O5S/c1-18(7-6-14-25(2,3)28)22-10-11-23-21-9-8-19-17-20(32-33(29,30)31)12-15-26(19,4)24(21)13-16-27(22,23)5/h8,18,20-24,28H,6-7,9-17H2,1-5H3,(H,29,30,31)/t18-,20+,21?,22?,23?,24?,26+,27-/m1/s1. The maximum Gasteiger partial charge on any atom is 0.397 e. The smallest absolute Gasteiger partial charge is 0.390 e. The second kappa shape index (κ2) is 8.90. The molecular formula is C27H46O5S. The minimum Gasteiger partial charge on any atom is -0.390 e. The van der Waals surface area contributed by atoms with Crippen LogP contribution in [-0.2, 0) is 14.6 Å². The molecule has 4 aliphatic rings. The molecule has 3 fully saturated rings. The first-order valence-corrected chi connectivity index (χ1v) is 14.7. The molecule has 190 valence electrons. The Morgan fingerprint density at radius 3 is 2.55 bits per heavy atom. The summed E-state index contributed by atoms with van der Waals surface area (Å²) < 4.78 is 36.5. The predicted octanol–water partition coefficient (Wildman–Crippen LogP) is 6.33. The van der Waals surface area contributed by atoms with Crippen molar-refractivity contribution >= 4 is 10.4 Å². The molecule has 0 radical (unpaired) electrons. The van der Waals surface area contributed by atoms with Gasteiger partial charge in [-0.15, -0.1) is 0 Å². The van der Waals surface area contributed by atoms with E-state index >= 15 is 0 Å². The van der Waals surface area contributed by atoms with Crippen LogP contribution in [0.1, 0.15) is 105 Å². The minimum atomic E-state index is -4.40. The molecule has 4 unspecified atom stereocenters. The van der Waals surface area contributed by atoms with Gasteiger partial charge >= 0.3 is 10.4 Å². The van der Waals surface area contributed by atoms with E-state index in [0.29, 0.717) is 30.1 Å². The Hall–Kier alpha value is -0.430. The first kappa shape index (κ1) is 25.7. The van der Waals surface area contributed by atoms with E-state index in [1.807, 2.05) is 13.8 Å². The fourth-order valence-electron chi connectivity index (χ4n) is 8.91. The van der Waals surface area contributed by atoms with Crippen LogP contribution in [-0.4, -0.2) is 29.8 Å². The monoisotopic (exact) mass is 482 g/mol. The summed E-state index contributed by atoms with van der Waals surface area (Å²) in [5, 5.41) is 10.1. The molecule has 0 aromatic heterocycles. The van der Waals surface area contributed by atoms with E-state index in [1.165, 1.54) is 37.7 Å². The second-order valence-electron chi connectivity index (χ2n) is 13.1. The van der Waals surface area contributed by atoms with Crippen LogP contribution in [0, 0.1) is 40.4 Å². The normalized spacial score (nSPS) is 42.2. The number of allylic oxidation sites excluding steroid dienone is 1. The van der Waals surface area contributed by atoms with Gasteiger partial charge in [-0.25, -0.2) is 4.18 Å². The number of rotatable bonds is 7. The van der Waals surface area contributed by atoms with E-state index in [4.69, 9.17) is 8.74 Å². The van der Waals surface area contributed by atoms with Crippen molar-refractivity contribution in [3.05, 3.63) is 11.6 Å². The summed E-state index contributed by atoms with van der Waals surface area (Å²) in [7, 11) is -4.40. The van der Waals surface area contributed by atoms with Gasteiger partial charge in [0.15, 0.2) is 0 Å². The van der Waals surface area contributed by atoms with E-state index in [-0.39, 0.29) is 5.41 Å². The van der Waals surface area contributed by atoms with Gasteiger partial charge < -0.3 is 5.11 Å². The quantitative estimate of drug-likeness (QED) is 0.327. The summed E-state index contributed by atoms with van der Waals surface area (Å²) >= 11 is 0. The first-order valence-electron chi connectivity index (χ1n) is 13.3. The molecule has 6 heteroatoms. The average molecular weight is 483 g/mol. The summed E-state index contributed by atoms with van der Waals surface area (Å²) in [6.45, 7) is 11.3. The van der Waals surface area contributed by atoms with E-state index < -0.39 is 22.1 Å².